The van der Waals surface area contributed by atoms with E-state index in [1.54, 1.807) is 6.92 Å². The summed E-state index contributed by atoms with van der Waals surface area (Å²) in [7, 11) is 0. The molecular formula is C18H22O. The van der Waals surface area contributed by atoms with Crippen LogP contribution in [0.25, 0.3) is 10.8 Å². The van der Waals surface area contributed by atoms with E-state index >= 15 is 0 Å². The first-order chi connectivity index (χ1) is 9.19. The number of ketones is 1. The summed E-state index contributed by atoms with van der Waals surface area (Å²) >= 11 is 0. The highest BCUT2D eigenvalue weighted by atomic mass is 16.1. The molecule has 0 heterocycles. The molecule has 0 unspecified atom stereocenters. The maximum absolute atomic E-state index is 11.9. The highest BCUT2D eigenvalue weighted by molar-refractivity contribution is 6.02. The van der Waals surface area contributed by atoms with E-state index in [1.165, 1.54) is 21.9 Å². The van der Waals surface area contributed by atoms with E-state index < -0.39 is 0 Å². The molecule has 2 aromatic carbocycles. The number of rotatable bonds is 5. The van der Waals surface area contributed by atoms with Crippen molar-refractivity contribution in [3.63, 3.8) is 0 Å². The molecule has 0 radical (unpaired) electrons. The number of benzene rings is 2. The normalized spacial score (nSPS) is 10.9. The van der Waals surface area contributed by atoms with Crippen LogP contribution in [0.1, 0.15) is 55.1 Å². The standard InChI is InChI=1S/C18H22O/c1-4-7-14-9-6-10-15-11-12-16(13(3)19)17(8-5-2)18(14)15/h6,9-12H,4-5,7-8H2,1-3H3. The molecular weight excluding hydrogens is 232 g/mol. The SMILES string of the molecule is CCCc1cccc2ccc(C(C)=O)c(CCC)c12. The van der Waals surface area contributed by atoms with Crippen molar-refractivity contribution < 1.29 is 4.79 Å². The third kappa shape index (κ3) is 2.70. The maximum Gasteiger partial charge on any atom is 0.160 e. The monoisotopic (exact) mass is 254 g/mol. The summed E-state index contributed by atoms with van der Waals surface area (Å²) in [5, 5.41) is 2.58. The van der Waals surface area contributed by atoms with Crippen LogP contribution in [-0.4, -0.2) is 5.78 Å². The predicted molar refractivity (Wildman–Crippen MR) is 81.9 cm³/mol. The van der Waals surface area contributed by atoms with Gasteiger partial charge in [0.05, 0.1) is 0 Å². The Kier molecular flexibility index (Phi) is 4.36. The lowest BCUT2D eigenvalue weighted by Crippen LogP contribution is -2.02. The summed E-state index contributed by atoms with van der Waals surface area (Å²) < 4.78 is 0. The molecule has 0 N–H and O–H groups in total. The van der Waals surface area contributed by atoms with Gasteiger partial charge < -0.3 is 0 Å². The number of aryl methyl sites for hydroxylation is 2. The zero-order valence-corrected chi connectivity index (χ0v) is 12.1. The Morgan fingerprint density at radius 2 is 1.74 bits per heavy atom. The van der Waals surface area contributed by atoms with Gasteiger partial charge in [-0.05, 0) is 41.7 Å². The van der Waals surface area contributed by atoms with Crippen LogP contribution >= 0.6 is 0 Å². The Balaban J connectivity index is 2.77. The lowest BCUT2D eigenvalue weighted by Gasteiger charge is -2.14. The van der Waals surface area contributed by atoms with Crippen molar-refractivity contribution >= 4 is 16.6 Å². The fourth-order valence-electron chi connectivity index (χ4n) is 2.85. The van der Waals surface area contributed by atoms with Crippen LogP contribution in [-0.2, 0) is 12.8 Å². The smallest absolute Gasteiger partial charge is 0.160 e. The molecule has 0 aliphatic carbocycles. The third-order valence-electron chi connectivity index (χ3n) is 3.64. The van der Waals surface area contributed by atoms with Crippen LogP contribution in [0.5, 0.6) is 0 Å². The molecule has 100 valence electrons. The Bertz CT molecular complexity index is 596. The van der Waals surface area contributed by atoms with E-state index in [9.17, 15) is 4.79 Å². The first-order valence-corrected chi connectivity index (χ1v) is 7.23. The quantitative estimate of drug-likeness (QED) is 0.690. The van der Waals surface area contributed by atoms with Gasteiger partial charge >= 0.3 is 0 Å². The second-order valence-corrected chi connectivity index (χ2v) is 5.16. The third-order valence-corrected chi connectivity index (χ3v) is 3.64. The summed E-state index contributed by atoms with van der Waals surface area (Å²) in [6.07, 6.45) is 4.26. The van der Waals surface area contributed by atoms with Gasteiger partial charge in [-0.25, -0.2) is 0 Å². The van der Waals surface area contributed by atoms with E-state index in [4.69, 9.17) is 0 Å². The van der Waals surface area contributed by atoms with Crippen LogP contribution < -0.4 is 0 Å². The van der Waals surface area contributed by atoms with E-state index in [-0.39, 0.29) is 5.78 Å². The minimum absolute atomic E-state index is 0.177. The Morgan fingerprint density at radius 1 is 1.00 bits per heavy atom. The minimum Gasteiger partial charge on any atom is -0.295 e. The Morgan fingerprint density at radius 3 is 2.37 bits per heavy atom. The number of carbonyl (C=O) groups is 1. The van der Waals surface area contributed by atoms with Gasteiger partial charge in [0.15, 0.2) is 5.78 Å². The number of fused-ring (bicyclic) bond motifs is 1. The predicted octanol–water partition coefficient (Wildman–Crippen LogP) is 4.95. The van der Waals surface area contributed by atoms with Gasteiger partial charge in [-0.2, -0.15) is 0 Å². The summed E-state index contributed by atoms with van der Waals surface area (Å²) in [4.78, 5) is 11.9. The molecule has 0 saturated heterocycles. The van der Waals surface area contributed by atoms with E-state index in [0.29, 0.717) is 0 Å². The van der Waals surface area contributed by atoms with Gasteiger partial charge in [0.25, 0.3) is 0 Å². The average molecular weight is 254 g/mol. The van der Waals surface area contributed by atoms with Crippen molar-refractivity contribution in [2.75, 3.05) is 0 Å². The summed E-state index contributed by atoms with van der Waals surface area (Å²) in [5.74, 6) is 0.177. The van der Waals surface area contributed by atoms with Gasteiger partial charge in [-0.1, -0.05) is 57.0 Å². The second-order valence-electron chi connectivity index (χ2n) is 5.16. The van der Waals surface area contributed by atoms with Crippen LogP contribution in [0.2, 0.25) is 0 Å². The summed E-state index contributed by atoms with van der Waals surface area (Å²) in [5.41, 5.74) is 3.53. The van der Waals surface area contributed by atoms with E-state index in [1.807, 2.05) is 6.07 Å². The fraction of sp³-hybridized carbons (Fsp3) is 0.389. The molecule has 1 heteroatoms. The molecule has 0 aliphatic heterocycles. The van der Waals surface area contributed by atoms with Crippen molar-refractivity contribution in [2.45, 2.75) is 46.5 Å². The number of hydrogen-bond acceptors (Lipinski definition) is 1. The lowest BCUT2D eigenvalue weighted by molar-refractivity contribution is 0.101. The minimum atomic E-state index is 0.177. The fourth-order valence-corrected chi connectivity index (χ4v) is 2.85. The van der Waals surface area contributed by atoms with Crippen molar-refractivity contribution in [1.29, 1.82) is 0 Å². The molecule has 0 fully saturated rings. The van der Waals surface area contributed by atoms with Gasteiger partial charge in [-0.3, -0.25) is 4.79 Å². The molecule has 19 heavy (non-hydrogen) atoms. The largest absolute Gasteiger partial charge is 0.295 e. The molecule has 2 rings (SSSR count). The molecule has 0 amide bonds. The molecule has 2 aromatic rings. The zero-order chi connectivity index (χ0) is 13.8. The molecule has 1 nitrogen and oxygen atoms in total. The molecule has 0 spiro atoms. The van der Waals surface area contributed by atoms with Crippen molar-refractivity contribution in [3.05, 3.63) is 47.0 Å². The molecule has 0 aliphatic rings. The van der Waals surface area contributed by atoms with Gasteiger partial charge in [0.1, 0.15) is 0 Å². The van der Waals surface area contributed by atoms with Crippen molar-refractivity contribution in [3.8, 4) is 0 Å². The molecule has 0 saturated carbocycles. The topological polar surface area (TPSA) is 17.1 Å². The van der Waals surface area contributed by atoms with Crippen LogP contribution in [0.4, 0.5) is 0 Å². The van der Waals surface area contributed by atoms with Crippen LogP contribution in [0, 0.1) is 0 Å². The first-order valence-electron chi connectivity index (χ1n) is 7.23. The van der Waals surface area contributed by atoms with Crippen LogP contribution in [0.15, 0.2) is 30.3 Å². The summed E-state index contributed by atoms with van der Waals surface area (Å²) in [6, 6.07) is 10.6. The maximum atomic E-state index is 11.9. The lowest BCUT2D eigenvalue weighted by atomic mass is 9.90. The van der Waals surface area contributed by atoms with Gasteiger partial charge in [0.2, 0.25) is 0 Å². The average Bonchev–Trinajstić information content (AvgIpc) is 2.39. The second kappa shape index (κ2) is 6.01. The molecule has 0 bridgehead atoms. The Hall–Kier alpha value is -1.63. The van der Waals surface area contributed by atoms with Gasteiger partial charge in [-0.15, -0.1) is 0 Å². The highest BCUT2D eigenvalue weighted by Crippen LogP contribution is 2.28. The van der Waals surface area contributed by atoms with Crippen LogP contribution in [0.3, 0.4) is 0 Å². The number of carbonyl (C=O) groups excluding carboxylic acids is 1. The zero-order valence-electron chi connectivity index (χ0n) is 12.1. The van der Waals surface area contributed by atoms with E-state index in [2.05, 4.69) is 38.1 Å². The molecule has 0 atom stereocenters. The molecule has 0 aromatic heterocycles. The Labute approximate surface area is 115 Å². The van der Waals surface area contributed by atoms with E-state index in [0.717, 1.165) is 31.2 Å². The number of Topliss-reactive ketones (excluding diaryl/α,β-unsaturated/α-hetero) is 1. The number of hydrogen-bond donors (Lipinski definition) is 0. The van der Waals surface area contributed by atoms with Gasteiger partial charge in [0, 0.05) is 5.56 Å². The first kappa shape index (κ1) is 13.8. The van der Waals surface area contributed by atoms with Crippen molar-refractivity contribution in [2.24, 2.45) is 0 Å². The van der Waals surface area contributed by atoms with Crippen molar-refractivity contribution in [1.82, 2.24) is 0 Å². The highest BCUT2D eigenvalue weighted by Gasteiger charge is 2.12. The summed E-state index contributed by atoms with van der Waals surface area (Å²) in [6.45, 7) is 6.04.